The number of hydrogen-bond acceptors (Lipinski definition) is 2. The Kier molecular flexibility index (Phi) is 4.81. The number of hydrogen-bond donors (Lipinski definition) is 1. The van der Waals surface area contributed by atoms with Crippen LogP contribution in [0.4, 0.5) is 13.2 Å². The van der Waals surface area contributed by atoms with E-state index in [1.807, 2.05) is 0 Å². The molecule has 0 unspecified atom stereocenters. The summed E-state index contributed by atoms with van der Waals surface area (Å²) >= 11 is 0. The highest BCUT2D eigenvalue weighted by Gasteiger charge is 2.34. The van der Waals surface area contributed by atoms with E-state index in [1.165, 1.54) is 6.07 Å². The van der Waals surface area contributed by atoms with E-state index in [1.54, 1.807) is 13.0 Å². The number of alkyl halides is 3. The summed E-state index contributed by atoms with van der Waals surface area (Å²) in [5.74, 6) is -0.178. The molecule has 0 aliphatic heterocycles. The Bertz CT molecular complexity index is 361. The molecule has 1 rings (SSSR count). The lowest BCUT2D eigenvalue weighted by molar-refractivity contribution is -0.139. The van der Waals surface area contributed by atoms with Crippen molar-refractivity contribution in [2.24, 2.45) is 0 Å². The van der Waals surface area contributed by atoms with Gasteiger partial charge in [0.15, 0.2) is 0 Å². The van der Waals surface area contributed by atoms with Crippen LogP contribution in [0.15, 0.2) is 18.2 Å². The number of ether oxygens (including phenoxy) is 1. The Morgan fingerprint density at radius 2 is 2.00 bits per heavy atom. The van der Waals surface area contributed by atoms with Crippen molar-refractivity contribution in [1.82, 2.24) is 0 Å². The zero-order valence-corrected chi connectivity index (χ0v) is 9.55. The third-order valence-corrected chi connectivity index (χ3v) is 2.32. The van der Waals surface area contributed by atoms with Crippen LogP contribution in [0.25, 0.3) is 0 Å². The maximum absolute atomic E-state index is 12.7. The van der Waals surface area contributed by atoms with Crippen molar-refractivity contribution in [3.8, 4) is 5.75 Å². The predicted molar refractivity (Wildman–Crippen MR) is 58.0 cm³/mol. The van der Waals surface area contributed by atoms with E-state index in [0.717, 1.165) is 6.07 Å². The second kappa shape index (κ2) is 5.91. The molecule has 0 spiro atoms. The van der Waals surface area contributed by atoms with E-state index in [9.17, 15) is 13.2 Å². The van der Waals surface area contributed by atoms with Crippen molar-refractivity contribution in [3.05, 3.63) is 29.3 Å². The molecule has 2 nitrogen and oxygen atoms in total. The van der Waals surface area contributed by atoms with Crippen LogP contribution in [0.1, 0.15) is 24.5 Å². The Balaban J connectivity index is 2.95. The second-order valence-corrected chi connectivity index (χ2v) is 3.61. The second-order valence-electron chi connectivity index (χ2n) is 3.61. The lowest BCUT2D eigenvalue weighted by Gasteiger charge is -2.14. The van der Waals surface area contributed by atoms with Gasteiger partial charge in [0, 0.05) is 13.0 Å². The van der Waals surface area contributed by atoms with Gasteiger partial charge in [-0.05, 0) is 24.1 Å². The smallest absolute Gasteiger partial charge is 0.419 e. The lowest BCUT2D eigenvalue weighted by Crippen LogP contribution is -2.10. The van der Waals surface area contributed by atoms with Crippen LogP contribution in [0.2, 0.25) is 0 Å². The molecule has 0 aliphatic carbocycles. The van der Waals surface area contributed by atoms with Crippen molar-refractivity contribution < 1.29 is 23.0 Å². The van der Waals surface area contributed by atoms with Crippen LogP contribution in [0.5, 0.6) is 5.75 Å². The summed E-state index contributed by atoms with van der Waals surface area (Å²) in [5, 5.41) is 8.55. The van der Waals surface area contributed by atoms with Crippen LogP contribution < -0.4 is 4.74 Å². The van der Waals surface area contributed by atoms with Gasteiger partial charge in [-0.1, -0.05) is 13.0 Å². The van der Waals surface area contributed by atoms with Crippen molar-refractivity contribution in [1.29, 1.82) is 0 Å². The Morgan fingerprint density at radius 3 is 2.53 bits per heavy atom. The van der Waals surface area contributed by atoms with Crippen molar-refractivity contribution in [2.75, 3.05) is 13.2 Å². The van der Waals surface area contributed by atoms with E-state index in [4.69, 9.17) is 9.84 Å². The quantitative estimate of drug-likeness (QED) is 0.811. The Labute approximate surface area is 98.0 Å². The minimum atomic E-state index is -4.42. The Hall–Kier alpha value is -1.23. The van der Waals surface area contributed by atoms with Crippen molar-refractivity contribution in [3.63, 3.8) is 0 Å². The van der Waals surface area contributed by atoms with Gasteiger partial charge in [0.2, 0.25) is 0 Å². The molecule has 96 valence electrons. The summed E-state index contributed by atoms with van der Waals surface area (Å²) in [7, 11) is 0. The fourth-order valence-electron chi connectivity index (χ4n) is 1.39. The molecule has 0 bridgehead atoms. The molecule has 1 aromatic rings. The summed E-state index contributed by atoms with van der Waals surface area (Å²) < 4.78 is 43.3. The minimum Gasteiger partial charge on any atom is -0.493 e. The number of aliphatic hydroxyl groups is 1. The van der Waals surface area contributed by atoms with Gasteiger partial charge in [-0.3, -0.25) is 0 Å². The molecule has 0 heterocycles. The van der Waals surface area contributed by atoms with E-state index in [-0.39, 0.29) is 19.0 Å². The molecular formula is C12H15F3O2. The van der Waals surface area contributed by atoms with Gasteiger partial charge < -0.3 is 9.84 Å². The molecule has 0 fully saturated rings. The highest BCUT2D eigenvalue weighted by molar-refractivity contribution is 5.39. The zero-order valence-electron chi connectivity index (χ0n) is 9.55. The van der Waals surface area contributed by atoms with Crippen LogP contribution in [-0.2, 0) is 12.6 Å². The standard InChI is InChI=1S/C12H15F3O2/c1-2-9-4-5-11(17-7-3-6-16)10(8-9)12(13,14)15/h4-5,8,16H,2-3,6-7H2,1H3. The first kappa shape index (κ1) is 13.8. The fraction of sp³-hybridized carbons (Fsp3) is 0.500. The third-order valence-electron chi connectivity index (χ3n) is 2.32. The number of halogens is 3. The summed E-state index contributed by atoms with van der Waals surface area (Å²) in [4.78, 5) is 0. The number of aryl methyl sites for hydroxylation is 1. The van der Waals surface area contributed by atoms with E-state index >= 15 is 0 Å². The average molecular weight is 248 g/mol. The maximum Gasteiger partial charge on any atom is 0.419 e. The Morgan fingerprint density at radius 1 is 1.29 bits per heavy atom. The van der Waals surface area contributed by atoms with Crippen molar-refractivity contribution >= 4 is 0 Å². The molecule has 0 amide bonds. The van der Waals surface area contributed by atoms with Crippen LogP contribution in [0.3, 0.4) is 0 Å². The number of benzene rings is 1. The molecule has 17 heavy (non-hydrogen) atoms. The molecule has 1 N–H and O–H groups in total. The largest absolute Gasteiger partial charge is 0.493 e. The van der Waals surface area contributed by atoms with Crippen molar-refractivity contribution in [2.45, 2.75) is 25.9 Å². The summed E-state index contributed by atoms with van der Waals surface area (Å²) in [6, 6.07) is 4.05. The monoisotopic (exact) mass is 248 g/mol. The molecule has 0 aromatic heterocycles. The minimum absolute atomic E-state index is 0.0745. The molecule has 0 saturated carbocycles. The summed E-state index contributed by atoms with van der Waals surface area (Å²) in [5.41, 5.74) is -0.137. The lowest BCUT2D eigenvalue weighted by atomic mass is 10.1. The predicted octanol–water partition coefficient (Wildman–Crippen LogP) is 3.03. The maximum atomic E-state index is 12.7. The summed E-state index contributed by atoms with van der Waals surface area (Å²) in [6.45, 7) is 1.77. The van der Waals surface area contributed by atoms with Crippen LogP contribution >= 0.6 is 0 Å². The molecule has 0 aliphatic rings. The first-order valence-electron chi connectivity index (χ1n) is 5.42. The van der Waals surface area contributed by atoms with Gasteiger partial charge in [-0.15, -0.1) is 0 Å². The summed E-state index contributed by atoms with van der Waals surface area (Å²) in [6.07, 6.45) is -3.56. The normalized spacial score (nSPS) is 11.6. The van der Waals surface area contributed by atoms with Gasteiger partial charge in [0.1, 0.15) is 5.75 Å². The molecule has 0 saturated heterocycles. The SMILES string of the molecule is CCc1ccc(OCCCO)c(C(F)(F)F)c1. The first-order chi connectivity index (χ1) is 7.99. The van der Waals surface area contributed by atoms with Gasteiger partial charge in [0.05, 0.1) is 12.2 Å². The average Bonchev–Trinajstić information content (AvgIpc) is 2.28. The number of aliphatic hydroxyl groups excluding tert-OH is 1. The molecule has 0 radical (unpaired) electrons. The fourth-order valence-corrected chi connectivity index (χ4v) is 1.39. The molecule has 1 aromatic carbocycles. The van der Waals surface area contributed by atoms with E-state index in [0.29, 0.717) is 18.4 Å². The van der Waals surface area contributed by atoms with Gasteiger partial charge >= 0.3 is 6.18 Å². The van der Waals surface area contributed by atoms with Gasteiger partial charge in [0.25, 0.3) is 0 Å². The first-order valence-corrected chi connectivity index (χ1v) is 5.42. The molecule has 5 heteroatoms. The van der Waals surface area contributed by atoms with Gasteiger partial charge in [-0.25, -0.2) is 0 Å². The van der Waals surface area contributed by atoms with Gasteiger partial charge in [-0.2, -0.15) is 13.2 Å². The van der Waals surface area contributed by atoms with Crippen LogP contribution in [0, 0.1) is 0 Å². The molecular weight excluding hydrogens is 233 g/mol. The van der Waals surface area contributed by atoms with Crippen LogP contribution in [-0.4, -0.2) is 18.3 Å². The van der Waals surface area contributed by atoms with E-state index in [2.05, 4.69) is 0 Å². The highest BCUT2D eigenvalue weighted by Crippen LogP contribution is 2.36. The zero-order chi connectivity index (χ0) is 12.9. The molecule has 0 atom stereocenters. The number of rotatable bonds is 5. The highest BCUT2D eigenvalue weighted by atomic mass is 19.4. The van der Waals surface area contributed by atoms with E-state index < -0.39 is 11.7 Å². The third kappa shape index (κ3) is 3.93. The topological polar surface area (TPSA) is 29.5 Å².